The van der Waals surface area contributed by atoms with Crippen molar-refractivity contribution in [2.75, 3.05) is 20.3 Å². The van der Waals surface area contributed by atoms with E-state index in [1.54, 1.807) is 0 Å². The molecular weight excluding hydrogens is 162 g/mol. The normalized spacial score (nSPS) is 16.5. The minimum absolute atomic E-state index is 0.128. The molecule has 74 valence electrons. The van der Waals surface area contributed by atoms with E-state index in [4.69, 9.17) is 10.2 Å². The van der Waals surface area contributed by atoms with Crippen LogP contribution in [0.15, 0.2) is 0 Å². The highest BCUT2D eigenvalue weighted by atomic mass is 16.3. The highest BCUT2D eigenvalue weighted by Crippen LogP contribution is 2.04. The van der Waals surface area contributed by atoms with Gasteiger partial charge in [-0.25, -0.2) is 0 Å². The van der Waals surface area contributed by atoms with Gasteiger partial charge in [-0.2, -0.15) is 0 Å². The molecule has 4 N–H and O–H groups in total. The number of aliphatic hydroxyl groups excluding tert-OH is 4. The Hall–Kier alpha value is -0.200. The van der Waals surface area contributed by atoms with Crippen LogP contribution in [-0.4, -0.2) is 58.0 Å². The number of hydrogen-bond acceptors (Lipinski definition) is 5. The molecule has 0 bridgehead atoms. The summed E-state index contributed by atoms with van der Waals surface area (Å²) in [5, 5.41) is 35.4. The van der Waals surface area contributed by atoms with Crippen molar-refractivity contribution in [3.05, 3.63) is 0 Å². The van der Waals surface area contributed by atoms with E-state index in [9.17, 15) is 10.2 Å². The third kappa shape index (κ3) is 3.99. The fourth-order valence-corrected chi connectivity index (χ4v) is 0.837. The molecule has 0 aliphatic carbocycles. The zero-order valence-corrected chi connectivity index (χ0v) is 7.22. The van der Waals surface area contributed by atoms with Crippen molar-refractivity contribution in [1.82, 2.24) is 4.90 Å². The lowest BCUT2D eigenvalue weighted by Gasteiger charge is -2.27. The molecule has 0 heterocycles. The molecule has 0 aromatic heterocycles. The third-order valence-corrected chi connectivity index (χ3v) is 1.71. The van der Waals surface area contributed by atoms with Crippen LogP contribution in [0.2, 0.25) is 0 Å². The van der Waals surface area contributed by atoms with Crippen LogP contribution in [0.3, 0.4) is 0 Å². The molecule has 5 nitrogen and oxygen atoms in total. The summed E-state index contributed by atoms with van der Waals surface area (Å²) in [6.45, 7) is -0.255. The minimum Gasteiger partial charge on any atom is -0.396 e. The summed E-state index contributed by atoms with van der Waals surface area (Å²) in [5.74, 6) is 0. The maximum atomic E-state index is 9.24. The molecule has 0 aliphatic heterocycles. The van der Waals surface area contributed by atoms with E-state index in [1.807, 2.05) is 0 Å². The Labute approximate surface area is 71.9 Å². The van der Waals surface area contributed by atoms with Gasteiger partial charge in [0, 0.05) is 26.1 Å². The molecule has 0 radical (unpaired) electrons. The van der Waals surface area contributed by atoms with Gasteiger partial charge in [-0.15, -0.1) is 0 Å². The van der Waals surface area contributed by atoms with Crippen LogP contribution in [0.1, 0.15) is 12.8 Å². The van der Waals surface area contributed by atoms with Gasteiger partial charge in [0.1, 0.15) is 12.5 Å². The van der Waals surface area contributed by atoms with Gasteiger partial charge in [0.25, 0.3) is 0 Å². The zero-order valence-electron chi connectivity index (χ0n) is 7.22. The SMILES string of the molecule is CN(C(O)CCO)C(O)CCO. The second-order valence-corrected chi connectivity index (χ2v) is 2.65. The lowest BCUT2D eigenvalue weighted by Crippen LogP contribution is -2.41. The topological polar surface area (TPSA) is 84.2 Å². The lowest BCUT2D eigenvalue weighted by molar-refractivity contribution is -0.0988. The van der Waals surface area contributed by atoms with E-state index in [0.29, 0.717) is 0 Å². The van der Waals surface area contributed by atoms with Crippen molar-refractivity contribution in [1.29, 1.82) is 0 Å². The number of aliphatic hydroxyl groups is 4. The van der Waals surface area contributed by atoms with Crippen LogP contribution in [0.4, 0.5) is 0 Å². The third-order valence-electron chi connectivity index (χ3n) is 1.71. The predicted octanol–water partition coefficient (Wildman–Crippen LogP) is -1.68. The fraction of sp³-hybridized carbons (Fsp3) is 1.00. The lowest BCUT2D eigenvalue weighted by atomic mass is 10.3. The first-order valence-corrected chi connectivity index (χ1v) is 3.93. The van der Waals surface area contributed by atoms with E-state index in [-0.39, 0.29) is 26.1 Å². The smallest absolute Gasteiger partial charge is 0.111 e. The van der Waals surface area contributed by atoms with Gasteiger partial charge in [-0.05, 0) is 7.05 Å². The van der Waals surface area contributed by atoms with Crippen molar-refractivity contribution in [3.63, 3.8) is 0 Å². The Morgan fingerprint density at radius 3 is 1.58 bits per heavy atom. The van der Waals surface area contributed by atoms with Crippen LogP contribution >= 0.6 is 0 Å². The highest BCUT2D eigenvalue weighted by Gasteiger charge is 2.17. The van der Waals surface area contributed by atoms with Gasteiger partial charge in [0.15, 0.2) is 0 Å². The van der Waals surface area contributed by atoms with Gasteiger partial charge in [-0.3, -0.25) is 4.90 Å². The minimum atomic E-state index is -0.864. The standard InChI is InChI=1S/C7H17NO4/c1-8(6(11)2-4-9)7(12)3-5-10/h6-7,9-12H,2-5H2,1H3. The largest absolute Gasteiger partial charge is 0.396 e. The summed E-state index contributed by atoms with van der Waals surface area (Å²) in [6.07, 6.45) is -1.34. The van der Waals surface area contributed by atoms with Crippen molar-refractivity contribution >= 4 is 0 Å². The van der Waals surface area contributed by atoms with Gasteiger partial charge in [0.05, 0.1) is 0 Å². The zero-order chi connectivity index (χ0) is 9.56. The first-order valence-electron chi connectivity index (χ1n) is 3.93. The molecule has 0 saturated heterocycles. The Kier molecular flexibility index (Phi) is 6.23. The summed E-state index contributed by atoms with van der Waals surface area (Å²) < 4.78 is 0. The molecular formula is C7H17NO4. The number of hydrogen-bond donors (Lipinski definition) is 4. The summed E-state index contributed by atoms with van der Waals surface area (Å²) in [6, 6.07) is 0. The van der Waals surface area contributed by atoms with Crippen molar-refractivity contribution in [2.45, 2.75) is 25.3 Å². The van der Waals surface area contributed by atoms with E-state index in [2.05, 4.69) is 0 Å². The average molecular weight is 179 g/mol. The second kappa shape index (κ2) is 6.33. The highest BCUT2D eigenvalue weighted by molar-refractivity contribution is 4.60. The Morgan fingerprint density at radius 2 is 1.33 bits per heavy atom. The summed E-state index contributed by atoms with van der Waals surface area (Å²) >= 11 is 0. The molecule has 5 heteroatoms. The second-order valence-electron chi connectivity index (χ2n) is 2.65. The van der Waals surface area contributed by atoms with Crippen molar-refractivity contribution < 1.29 is 20.4 Å². The Bertz CT molecular complexity index is 99.6. The monoisotopic (exact) mass is 179 g/mol. The quantitative estimate of drug-likeness (QED) is 0.366. The fourth-order valence-electron chi connectivity index (χ4n) is 0.837. The van der Waals surface area contributed by atoms with E-state index in [0.717, 1.165) is 0 Å². The van der Waals surface area contributed by atoms with Gasteiger partial charge in [0.2, 0.25) is 0 Å². The van der Waals surface area contributed by atoms with Crippen LogP contribution in [0.25, 0.3) is 0 Å². The van der Waals surface area contributed by atoms with Crippen LogP contribution < -0.4 is 0 Å². The molecule has 0 spiro atoms. The van der Waals surface area contributed by atoms with Crippen LogP contribution in [0.5, 0.6) is 0 Å². The number of rotatable bonds is 6. The van der Waals surface area contributed by atoms with Crippen molar-refractivity contribution in [2.24, 2.45) is 0 Å². The van der Waals surface area contributed by atoms with Crippen LogP contribution in [-0.2, 0) is 0 Å². The molecule has 0 aliphatic rings. The maximum absolute atomic E-state index is 9.24. The first kappa shape index (κ1) is 11.8. The van der Waals surface area contributed by atoms with Crippen LogP contribution in [0, 0.1) is 0 Å². The molecule has 0 aromatic carbocycles. The van der Waals surface area contributed by atoms with Gasteiger partial charge < -0.3 is 20.4 Å². The molecule has 0 aromatic rings. The molecule has 0 amide bonds. The van der Waals surface area contributed by atoms with Gasteiger partial charge in [-0.1, -0.05) is 0 Å². The van der Waals surface area contributed by atoms with E-state index in [1.165, 1.54) is 11.9 Å². The molecule has 0 saturated carbocycles. The first-order chi connectivity index (χ1) is 5.63. The molecule has 0 rings (SSSR count). The summed E-state index contributed by atoms with van der Waals surface area (Å²) in [4.78, 5) is 1.30. The Balaban J connectivity index is 3.73. The van der Waals surface area contributed by atoms with E-state index < -0.39 is 12.5 Å². The maximum Gasteiger partial charge on any atom is 0.111 e. The summed E-state index contributed by atoms with van der Waals surface area (Å²) in [7, 11) is 1.53. The molecule has 0 fully saturated rings. The predicted molar refractivity (Wildman–Crippen MR) is 43.2 cm³/mol. The van der Waals surface area contributed by atoms with Crippen molar-refractivity contribution in [3.8, 4) is 0 Å². The van der Waals surface area contributed by atoms with Gasteiger partial charge >= 0.3 is 0 Å². The molecule has 2 unspecified atom stereocenters. The molecule has 12 heavy (non-hydrogen) atoms. The number of nitrogens with zero attached hydrogens (tertiary/aromatic N) is 1. The Morgan fingerprint density at radius 1 is 1.00 bits per heavy atom. The molecule has 2 atom stereocenters. The van der Waals surface area contributed by atoms with E-state index >= 15 is 0 Å². The summed E-state index contributed by atoms with van der Waals surface area (Å²) in [5.41, 5.74) is 0. The average Bonchev–Trinajstić information content (AvgIpc) is 2.04.